The van der Waals surface area contributed by atoms with Crippen molar-refractivity contribution in [3.05, 3.63) is 23.9 Å². The standard InChI is InChI=1S/C13H21N3O/c1-10(14)11-3-4-13(15-9-11)17-12-5-7-16(2)8-6-12/h3-4,9-10,12H,5-8,14H2,1-2H3/t10-/m1/s1. The van der Waals surface area contributed by atoms with Crippen molar-refractivity contribution in [2.45, 2.75) is 31.9 Å². The number of piperidine rings is 1. The van der Waals surface area contributed by atoms with Crippen LogP contribution in [0.1, 0.15) is 31.4 Å². The smallest absolute Gasteiger partial charge is 0.213 e. The first-order chi connectivity index (χ1) is 8.15. The van der Waals surface area contributed by atoms with E-state index in [1.165, 1.54) is 0 Å². The van der Waals surface area contributed by atoms with Crippen molar-refractivity contribution in [2.24, 2.45) is 5.73 Å². The first-order valence-electron chi connectivity index (χ1n) is 6.22. The average molecular weight is 235 g/mol. The van der Waals surface area contributed by atoms with Gasteiger partial charge in [-0.1, -0.05) is 6.07 Å². The number of nitrogens with zero attached hydrogens (tertiary/aromatic N) is 2. The van der Waals surface area contributed by atoms with Crippen molar-refractivity contribution < 1.29 is 4.74 Å². The third-order valence-electron chi connectivity index (χ3n) is 3.24. The summed E-state index contributed by atoms with van der Waals surface area (Å²) in [4.78, 5) is 6.62. The molecule has 0 aliphatic carbocycles. The van der Waals surface area contributed by atoms with Gasteiger partial charge in [0.25, 0.3) is 0 Å². The molecule has 4 nitrogen and oxygen atoms in total. The molecule has 2 heterocycles. The lowest BCUT2D eigenvalue weighted by atomic mass is 10.1. The molecule has 0 unspecified atom stereocenters. The SMILES string of the molecule is C[C@@H](N)c1ccc(OC2CCN(C)CC2)nc1. The lowest BCUT2D eigenvalue weighted by Crippen LogP contribution is -2.35. The van der Waals surface area contributed by atoms with Crippen LogP contribution in [-0.2, 0) is 0 Å². The number of ether oxygens (including phenoxy) is 1. The van der Waals surface area contributed by atoms with E-state index in [-0.39, 0.29) is 6.04 Å². The predicted octanol–water partition coefficient (Wildman–Crippen LogP) is 1.57. The van der Waals surface area contributed by atoms with Crippen molar-refractivity contribution >= 4 is 0 Å². The summed E-state index contributed by atoms with van der Waals surface area (Å²) in [5, 5.41) is 0. The van der Waals surface area contributed by atoms with Crippen LogP contribution in [0.3, 0.4) is 0 Å². The number of nitrogens with two attached hydrogens (primary N) is 1. The number of hydrogen-bond acceptors (Lipinski definition) is 4. The van der Waals surface area contributed by atoms with E-state index < -0.39 is 0 Å². The molecule has 1 fully saturated rings. The van der Waals surface area contributed by atoms with Crippen LogP contribution in [-0.4, -0.2) is 36.1 Å². The summed E-state index contributed by atoms with van der Waals surface area (Å²) in [6.45, 7) is 4.15. The highest BCUT2D eigenvalue weighted by atomic mass is 16.5. The maximum absolute atomic E-state index is 5.86. The number of rotatable bonds is 3. The largest absolute Gasteiger partial charge is 0.474 e. The quantitative estimate of drug-likeness (QED) is 0.864. The molecule has 0 saturated carbocycles. The van der Waals surface area contributed by atoms with Gasteiger partial charge in [0.1, 0.15) is 6.10 Å². The van der Waals surface area contributed by atoms with E-state index >= 15 is 0 Å². The van der Waals surface area contributed by atoms with Crippen molar-refractivity contribution in [3.63, 3.8) is 0 Å². The molecule has 94 valence electrons. The van der Waals surface area contributed by atoms with Crippen LogP contribution >= 0.6 is 0 Å². The molecule has 1 aliphatic rings. The van der Waals surface area contributed by atoms with E-state index in [9.17, 15) is 0 Å². The van der Waals surface area contributed by atoms with Gasteiger partial charge in [-0.15, -0.1) is 0 Å². The molecule has 1 aromatic heterocycles. The molecule has 0 amide bonds. The molecule has 1 aromatic rings. The molecule has 0 radical (unpaired) electrons. The summed E-state index contributed by atoms with van der Waals surface area (Å²) < 4.78 is 5.86. The van der Waals surface area contributed by atoms with Gasteiger partial charge in [-0.25, -0.2) is 4.98 Å². The summed E-state index contributed by atoms with van der Waals surface area (Å²) in [5.41, 5.74) is 6.82. The molecular formula is C13H21N3O. The summed E-state index contributed by atoms with van der Waals surface area (Å²) >= 11 is 0. The van der Waals surface area contributed by atoms with Crippen molar-refractivity contribution in [1.82, 2.24) is 9.88 Å². The molecule has 2 rings (SSSR count). The first kappa shape index (κ1) is 12.3. The molecule has 0 spiro atoms. The molecule has 1 atom stereocenters. The van der Waals surface area contributed by atoms with Crippen LogP contribution in [0.5, 0.6) is 5.88 Å². The van der Waals surface area contributed by atoms with Crippen LogP contribution in [0.15, 0.2) is 18.3 Å². The Kier molecular flexibility index (Phi) is 3.97. The van der Waals surface area contributed by atoms with E-state index in [1.807, 2.05) is 19.1 Å². The van der Waals surface area contributed by atoms with E-state index in [0.29, 0.717) is 12.0 Å². The second kappa shape index (κ2) is 5.47. The van der Waals surface area contributed by atoms with Gasteiger partial charge in [0, 0.05) is 31.4 Å². The van der Waals surface area contributed by atoms with Gasteiger partial charge < -0.3 is 15.4 Å². The van der Waals surface area contributed by atoms with Gasteiger partial charge in [0.2, 0.25) is 5.88 Å². The highest BCUT2D eigenvalue weighted by Crippen LogP contribution is 2.18. The fraction of sp³-hybridized carbons (Fsp3) is 0.615. The Hall–Kier alpha value is -1.13. The van der Waals surface area contributed by atoms with Gasteiger partial charge in [-0.3, -0.25) is 0 Å². The molecule has 1 saturated heterocycles. The minimum Gasteiger partial charge on any atom is -0.474 e. The van der Waals surface area contributed by atoms with Crippen molar-refractivity contribution in [1.29, 1.82) is 0 Å². The zero-order chi connectivity index (χ0) is 12.3. The van der Waals surface area contributed by atoms with Crippen molar-refractivity contribution in [2.75, 3.05) is 20.1 Å². The normalized spacial score (nSPS) is 20.2. The fourth-order valence-corrected chi connectivity index (χ4v) is 2.00. The van der Waals surface area contributed by atoms with Crippen LogP contribution in [0.25, 0.3) is 0 Å². The number of hydrogen-bond donors (Lipinski definition) is 1. The van der Waals surface area contributed by atoms with Crippen LogP contribution in [0.2, 0.25) is 0 Å². The third kappa shape index (κ3) is 3.41. The Balaban J connectivity index is 1.90. The van der Waals surface area contributed by atoms with E-state index in [2.05, 4.69) is 16.9 Å². The third-order valence-corrected chi connectivity index (χ3v) is 3.24. The van der Waals surface area contributed by atoms with Crippen LogP contribution in [0, 0.1) is 0 Å². The van der Waals surface area contributed by atoms with Gasteiger partial charge in [-0.05, 0) is 32.4 Å². The van der Waals surface area contributed by atoms with Crippen LogP contribution < -0.4 is 10.5 Å². The Morgan fingerprint density at radius 2 is 2.12 bits per heavy atom. The van der Waals surface area contributed by atoms with E-state index in [4.69, 9.17) is 10.5 Å². The predicted molar refractivity (Wildman–Crippen MR) is 68.0 cm³/mol. The lowest BCUT2D eigenvalue weighted by molar-refractivity contribution is 0.110. The molecular weight excluding hydrogens is 214 g/mol. The van der Waals surface area contributed by atoms with Crippen molar-refractivity contribution in [3.8, 4) is 5.88 Å². The minimum atomic E-state index is 0.0277. The summed E-state index contributed by atoms with van der Waals surface area (Å²) in [6, 6.07) is 3.93. The molecule has 1 aliphatic heterocycles. The molecule has 17 heavy (non-hydrogen) atoms. The Morgan fingerprint density at radius 1 is 1.41 bits per heavy atom. The highest BCUT2D eigenvalue weighted by Gasteiger charge is 2.18. The number of aromatic nitrogens is 1. The first-order valence-corrected chi connectivity index (χ1v) is 6.22. The Morgan fingerprint density at radius 3 is 2.65 bits per heavy atom. The zero-order valence-electron chi connectivity index (χ0n) is 10.6. The van der Waals surface area contributed by atoms with Gasteiger partial charge in [0.15, 0.2) is 0 Å². The zero-order valence-corrected chi connectivity index (χ0v) is 10.6. The van der Waals surface area contributed by atoms with Gasteiger partial charge in [0.05, 0.1) is 0 Å². The number of likely N-dealkylation sites (tertiary alicyclic amines) is 1. The summed E-state index contributed by atoms with van der Waals surface area (Å²) in [5.74, 6) is 0.712. The summed E-state index contributed by atoms with van der Waals surface area (Å²) in [7, 11) is 2.14. The molecule has 0 aromatic carbocycles. The summed E-state index contributed by atoms with van der Waals surface area (Å²) in [6.07, 6.45) is 4.26. The van der Waals surface area contributed by atoms with E-state index in [0.717, 1.165) is 31.5 Å². The monoisotopic (exact) mass is 235 g/mol. The maximum Gasteiger partial charge on any atom is 0.213 e. The Labute approximate surface area is 103 Å². The maximum atomic E-state index is 5.86. The highest BCUT2D eigenvalue weighted by molar-refractivity contribution is 5.20. The van der Waals surface area contributed by atoms with Gasteiger partial charge in [-0.2, -0.15) is 0 Å². The lowest BCUT2D eigenvalue weighted by Gasteiger charge is -2.28. The van der Waals surface area contributed by atoms with E-state index in [1.54, 1.807) is 6.20 Å². The molecule has 2 N–H and O–H groups in total. The topological polar surface area (TPSA) is 51.4 Å². The average Bonchev–Trinajstić information content (AvgIpc) is 2.33. The number of pyridine rings is 1. The Bertz CT molecular complexity index is 342. The molecule has 4 heteroatoms. The second-order valence-corrected chi connectivity index (χ2v) is 4.84. The second-order valence-electron chi connectivity index (χ2n) is 4.84. The molecule has 0 bridgehead atoms. The fourth-order valence-electron chi connectivity index (χ4n) is 2.00. The van der Waals surface area contributed by atoms with Gasteiger partial charge >= 0.3 is 0 Å². The minimum absolute atomic E-state index is 0.0277. The van der Waals surface area contributed by atoms with Crippen LogP contribution in [0.4, 0.5) is 0 Å².